The van der Waals surface area contributed by atoms with E-state index >= 15 is 0 Å². The molecule has 3 heterocycles. The number of carbonyl (C=O) groups is 1. The molecule has 0 spiro atoms. The van der Waals surface area contributed by atoms with Gasteiger partial charge in [-0.3, -0.25) is 14.7 Å². The van der Waals surface area contributed by atoms with E-state index in [0.29, 0.717) is 5.88 Å². The van der Waals surface area contributed by atoms with E-state index in [1.165, 1.54) is 6.07 Å². The van der Waals surface area contributed by atoms with Crippen molar-refractivity contribution in [1.82, 2.24) is 14.9 Å². The van der Waals surface area contributed by atoms with Gasteiger partial charge >= 0.3 is 6.18 Å². The number of pyridine rings is 2. The van der Waals surface area contributed by atoms with Crippen molar-refractivity contribution >= 4 is 28.5 Å². The average Bonchev–Trinajstić information content (AvgIpc) is 2.67. The minimum atomic E-state index is -4.54. The number of alkyl halides is 3. The number of rotatable bonds is 4. The molecule has 0 atom stereocenters. The first-order valence-electron chi connectivity index (χ1n) is 8.27. The first-order valence-corrected chi connectivity index (χ1v) is 9.26. The van der Waals surface area contributed by atoms with Crippen LogP contribution < -0.4 is 10.2 Å². The van der Waals surface area contributed by atoms with Gasteiger partial charge < -0.3 is 10.2 Å². The van der Waals surface area contributed by atoms with Gasteiger partial charge in [0.2, 0.25) is 0 Å². The molecule has 0 aromatic carbocycles. The van der Waals surface area contributed by atoms with Crippen LogP contribution in [-0.2, 0) is 6.18 Å². The number of piperazine rings is 1. The maximum atomic E-state index is 12.7. The number of hydrogen-bond donors (Lipinski definition) is 1. The van der Waals surface area contributed by atoms with Gasteiger partial charge in [0.1, 0.15) is 11.5 Å². The van der Waals surface area contributed by atoms with E-state index in [9.17, 15) is 18.0 Å². The minimum Gasteiger partial charge on any atom is -0.354 e. The monoisotopic (exact) mass is 397 g/mol. The first-order chi connectivity index (χ1) is 12.9. The van der Waals surface area contributed by atoms with E-state index in [1.807, 2.05) is 18.2 Å². The Morgan fingerprint density at radius 3 is 2.56 bits per heavy atom. The lowest BCUT2D eigenvalue weighted by Gasteiger charge is -2.34. The number of thioether (sulfide) groups is 1. The quantitative estimate of drug-likeness (QED) is 0.852. The predicted octanol–water partition coefficient (Wildman–Crippen LogP) is 3.54. The Morgan fingerprint density at radius 1 is 1.11 bits per heavy atom. The van der Waals surface area contributed by atoms with Crippen molar-refractivity contribution in [1.29, 1.82) is 0 Å². The molecule has 3 rings (SSSR count). The number of nitrogens with zero attached hydrogens (tertiary/aromatic N) is 4. The number of halogens is 3. The molecule has 27 heavy (non-hydrogen) atoms. The third-order valence-corrected chi connectivity index (χ3v) is 4.88. The number of hydrogen-bond acceptors (Lipinski definition) is 6. The molecule has 1 aliphatic rings. The van der Waals surface area contributed by atoms with E-state index in [1.54, 1.807) is 6.20 Å². The summed E-state index contributed by atoms with van der Waals surface area (Å²) >= 11 is 1.03. The van der Waals surface area contributed by atoms with Crippen LogP contribution in [0.5, 0.6) is 0 Å². The lowest BCUT2D eigenvalue weighted by atomic mass is 10.3. The normalized spacial score (nSPS) is 15.6. The molecule has 1 saturated heterocycles. The van der Waals surface area contributed by atoms with Crippen molar-refractivity contribution in [3.05, 3.63) is 48.4 Å². The summed E-state index contributed by atoms with van der Waals surface area (Å²) in [6.45, 7) is 3.17. The smallest absolute Gasteiger partial charge is 0.354 e. The van der Waals surface area contributed by atoms with E-state index in [0.717, 1.165) is 56.0 Å². The van der Waals surface area contributed by atoms with Crippen LogP contribution in [0.2, 0.25) is 0 Å². The highest BCUT2D eigenvalue weighted by atomic mass is 32.2. The Kier molecular flexibility index (Phi) is 6.17. The molecule has 0 unspecified atom stereocenters. The van der Waals surface area contributed by atoms with Crippen LogP contribution >= 0.6 is 11.8 Å². The van der Waals surface area contributed by atoms with Crippen LogP contribution in [0.1, 0.15) is 5.69 Å². The van der Waals surface area contributed by atoms with Crippen molar-refractivity contribution in [2.75, 3.05) is 42.3 Å². The van der Waals surface area contributed by atoms with Crippen LogP contribution in [0.15, 0.2) is 42.7 Å². The second-order valence-electron chi connectivity index (χ2n) is 5.91. The zero-order chi connectivity index (χ0) is 19.3. The molecule has 0 bridgehead atoms. The summed E-state index contributed by atoms with van der Waals surface area (Å²) in [4.78, 5) is 23.9. The Labute approximate surface area is 158 Å². The second kappa shape index (κ2) is 8.57. The van der Waals surface area contributed by atoms with E-state index in [4.69, 9.17) is 0 Å². The second-order valence-corrected chi connectivity index (χ2v) is 6.82. The third-order valence-electron chi connectivity index (χ3n) is 4.02. The van der Waals surface area contributed by atoms with Crippen LogP contribution in [0.25, 0.3) is 0 Å². The molecular formula is C17H18F3N5OS. The molecule has 0 radical (unpaired) electrons. The maximum absolute atomic E-state index is 12.7. The van der Waals surface area contributed by atoms with Gasteiger partial charge in [-0.05, 0) is 36.0 Å². The highest BCUT2D eigenvalue weighted by molar-refractivity contribution is 8.13. The highest BCUT2D eigenvalue weighted by Crippen LogP contribution is 2.29. The molecule has 1 N–H and O–H groups in total. The van der Waals surface area contributed by atoms with Crippen molar-refractivity contribution in [3.8, 4) is 0 Å². The van der Waals surface area contributed by atoms with Crippen LogP contribution in [0.3, 0.4) is 0 Å². The summed E-state index contributed by atoms with van der Waals surface area (Å²) in [6, 6.07) is 7.93. The molecule has 10 heteroatoms. The summed E-state index contributed by atoms with van der Waals surface area (Å²) in [5.41, 5.74) is -0.953. The summed E-state index contributed by atoms with van der Waals surface area (Å²) in [7, 11) is 0. The number of amides is 1. The molecule has 1 amide bonds. The molecule has 2 aromatic heterocycles. The van der Waals surface area contributed by atoms with Gasteiger partial charge in [-0.15, -0.1) is 0 Å². The topological polar surface area (TPSA) is 61.4 Å². The first kappa shape index (κ1) is 19.4. The van der Waals surface area contributed by atoms with Crippen LogP contribution in [0, 0.1) is 0 Å². The Bertz CT molecular complexity index is 767. The molecule has 144 valence electrons. The Morgan fingerprint density at radius 2 is 1.89 bits per heavy atom. The van der Waals surface area contributed by atoms with Crippen LogP contribution in [-0.4, -0.2) is 52.2 Å². The van der Waals surface area contributed by atoms with E-state index in [-0.39, 0.29) is 5.69 Å². The number of nitrogens with one attached hydrogen (secondary N) is 1. The maximum Gasteiger partial charge on any atom is 0.433 e. The summed E-state index contributed by atoms with van der Waals surface area (Å²) in [6.07, 6.45) is -1.76. The molecule has 0 saturated carbocycles. The third kappa shape index (κ3) is 5.57. The van der Waals surface area contributed by atoms with Gasteiger partial charge in [0, 0.05) is 44.3 Å². The van der Waals surface area contributed by atoms with E-state index in [2.05, 4.69) is 25.1 Å². The molecule has 6 nitrogen and oxygen atoms in total. The summed E-state index contributed by atoms with van der Waals surface area (Å²) < 4.78 is 38.0. The predicted molar refractivity (Wildman–Crippen MR) is 98.7 cm³/mol. The largest absolute Gasteiger partial charge is 0.433 e. The average molecular weight is 397 g/mol. The molecule has 1 fully saturated rings. The summed E-state index contributed by atoms with van der Waals surface area (Å²) in [5.74, 6) is 1.40. The van der Waals surface area contributed by atoms with Crippen molar-refractivity contribution in [2.24, 2.45) is 0 Å². The number of aromatic nitrogens is 2. The zero-order valence-electron chi connectivity index (χ0n) is 14.3. The van der Waals surface area contributed by atoms with Crippen molar-refractivity contribution < 1.29 is 18.0 Å². The fourth-order valence-electron chi connectivity index (χ4n) is 2.61. The molecular weight excluding hydrogens is 379 g/mol. The Balaban J connectivity index is 1.44. The SMILES string of the molecule is O=C(Nc1ccnc(C(F)(F)F)c1)SCN1CCN(c2ccccn2)CC1. The molecule has 1 aliphatic heterocycles. The lowest BCUT2D eigenvalue weighted by Crippen LogP contribution is -2.46. The number of anilines is 2. The molecule has 0 aliphatic carbocycles. The standard InChI is InChI=1S/C17H18F3N5OS/c18-17(19,20)14-11-13(4-6-21-14)23-16(26)27-12-24-7-9-25(10-8-24)15-3-1-2-5-22-15/h1-6,11H,7-10,12H2,(H,21,23,26). The van der Waals surface area contributed by atoms with Gasteiger partial charge in [-0.2, -0.15) is 13.2 Å². The fourth-order valence-corrected chi connectivity index (χ4v) is 3.36. The molecule has 2 aromatic rings. The zero-order valence-corrected chi connectivity index (χ0v) is 15.1. The number of carbonyl (C=O) groups excluding carboxylic acids is 1. The van der Waals surface area contributed by atoms with Crippen LogP contribution in [0.4, 0.5) is 29.5 Å². The van der Waals surface area contributed by atoms with Crippen molar-refractivity contribution in [2.45, 2.75) is 6.18 Å². The minimum absolute atomic E-state index is 0.0785. The highest BCUT2D eigenvalue weighted by Gasteiger charge is 2.32. The lowest BCUT2D eigenvalue weighted by molar-refractivity contribution is -0.141. The van der Waals surface area contributed by atoms with Gasteiger partial charge in [-0.25, -0.2) is 4.98 Å². The van der Waals surface area contributed by atoms with Crippen molar-refractivity contribution in [3.63, 3.8) is 0 Å². The van der Waals surface area contributed by atoms with Gasteiger partial charge in [0.05, 0.1) is 5.88 Å². The van der Waals surface area contributed by atoms with Gasteiger partial charge in [0.15, 0.2) is 0 Å². The summed E-state index contributed by atoms with van der Waals surface area (Å²) in [5, 5.41) is 2.06. The van der Waals surface area contributed by atoms with Gasteiger partial charge in [0.25, 0.3) is 5.24 Å². The van der Waals surface area contributed by atoms with E-state index < -0.39 is 17.1 Å². The Hall–Kier alpha value is -2.33. The fraction of sp³-hybridized carbons (Fsp3) is 0.353. The van der Waals surface area contributed by atoms with Gasteiger partial charge in [-0.1, -0.05) is 6.07 Å².